The lowest BCUT2D eigenvalue weighted by Crippen LogP contribution is -2.07. The molecule has 0 aliphatic rings. The van der Waals surface area contributed by atoms with Gasteiger partial charge < -0.3 is 0 Å². The van der Waals surface area contributed by atoms with E-state index in [1.54, 1.807) is 0 Å². The molecule has 0 unspecified atom stereocenters. The number of hydrogen-bond acceptors (Lipinski definition) is 0. The molecule has 0 aromatic heterocycles. The molecule has 21 heavy (non-hydrogen) atoms. The molecule has 0 radical (unpaired) electrons. The van der Waals surface area contributed by atoms with Crippen molar-refractivity contribution in [1.29, 1.82) is 0 Å². The molecule has 0 amide bonds. The highest BCUT2D eigenvalue weighted by Gasteiger charge is 2.09. The van der Waals surface area contributed by atoms with Crippen molar-refractivity contribution in [2.45, 2.75) is 0 Å². The summed E-state index contributed by atoms with van der Waals surface area (Å²) in [5.74, 6) is 0. The van der Waals surface area contributed by atoms with Gasteiger partial charge in [-0.15, -0.1) is 0 Å². The van der Waals surface area contributed by atoms with Crippen molar-refractivity contribution in [2.24, 2.45) is 0 Å². The van der Waals surface area contributed by atoms with E-state index in [9.17, 15) is 0 Å². The monoisotopic (exact) mass is 284 g/mol. The summed E-state index contributed by atoms with van der Waals surface area (Å²) in [5.41, 5.74) is 2.77. The number of rotatable bonds is 1. The summed E-state index contributed by atoms with van der Waals surface area (Å²) < 4.78 is 0. The van der Waals surface area contributed by atoms with E-state index in [2.05, 4.69) is 78.9 Å². The fourth-order valence-electron chi connectivity index (χ4n) is 3.18. The van der Waals surface area contributed by atoms with Gasteiger partial charge in [-0.3, -0.25) is 0 Å². The molecule has 1 heteroatoms. The van der Waals surface area contributed by atoms with Crippen LogP contribution in [0.15, 0.2) is 78.9 Å². The van der Waals surface area contributed by atoms with Crippen LogP contribution in [0.1, 0.15) is 0 Å². The van der Waals surface area contributed by atoms with E-state index in [1.165, 1.54) is 37.9 Å². The zero-order valence-electron chi connectivity index (χ0n) is 12.0. The molecule has 0 nitrogen and oxygen atoms in total. The summed E-state index contributed by atoms with van der Waals surface area (Å²) in [6, 6.07) is 28.5. The summed E-state index contributed by atoms with van der Waals surface area (Å²) in [6.45, 7) is 0. The van der Waals surface area contributed by atoms with Crippen molar-refractivity contribution in [1.82, 2.24) is 0 Å². The van der Waals surface area contributed by atoms with Gasteiger partial charge in [0, 0.05) is 10.2 Å². The smallest absolute Gasteiger partial charge is 0.0393 e. The molecule has 4 aromatic rings. The van der Waals surface area contributed by atoms with E-state index >= 15 is 0 Å². The minimum absolute atomic E-state index is 1.06. The summed E-state index contributed by atoms with van der Waals surface area (Å²) in [5, 5.41) is 6.80. The van der Waals surface area contributed by atoms with E-state index < -0.39 is 0 Å². The van der Waals surface area contributed by atoms with Gasteiger partial charge in [0.25, 0.3) is 0 Å². The zero-order chi connectivity index (χ0) is 14.2. The van der Waals surface area contributed by atoms with Crippen LogP contribution in [0.3, 0.4) is 0 Å². The summed E-state index contributed by atoms with van der Waals surface area (Å²) in [7, 11) is 1.06. The van der Waals surface area contributed by atoms with Gasteiger partial charge in [0.1, 0.15) is 0 Å². The summed E-state index contributed by atoms with van der Waals surface area (Å²) in [4.78, 5) is 0. The first-order chi connectivity index (χ1) is 10.3. The second-order valence-electron chi connectivity index (χ2n) is 5.51. The lowest BCUT2D eigenvalue weighted by molar-refractivity contribution is 1.71. The molecular formula is C20H16Si. The van der Waals surface area contributed by atoms with Crippen LogP contribution in [-0.4, -0.2) is 10.2 Å². The summed E-state index contributed by atoms with van der Waals surface area (Å²) in [6.07, 6.45) is 0. The Labute approximate surface area is 127 Å². The number of fused-ring (bicyclic) bond motifs is 2. The third-order valence-electron chi connectivity index (χ3n) is 4.20. The normalized spacial score (nSPS) is 11.2. The molecular weight excluding hydrogens is 268 g/mol. The molecule has 4 rings (SSSR count). The predicted octanol–water partition coefficient (Wildman–Crippen LogP) is 3.65. The Kier molecular flexibility index (Phi) is 2.87. The first-order valence-electron chi connectivity index (χ1n) is 7.31. The Morgan fingerprint density at radius 2 is 1.14 bits per heavy atom. The van der Waals surface area contributed by atoms with E-state index in [0.29, 0.717) is 0 Å². The molecule has 0 bridgehead atoms. The molecule has 0 saturated carbocycles. The average molecular weight is 284 g/mol. The van der Waals surface area contributed by atoms with Crippen LogP contribution in [-0.2, 0) is 0 Å². The fraction of sp³-hybridized carbons (Fsp3) is 0. The number of hydrogen-bond donors (Lipinski definition) is 0. The maximum Gasteiger partial charge on any atom is 0.0393 e. The Morgan fingerprint density at radius 1 is 0.524 bits per heavy atom. The van der Waals surface area contributed by atoms with Crippen molar-refractivity contribution < 1.29 is 0 Å². The van der Waals surface area contributed by atoms with Gasteiger partial charge in [0.2, 0.25) is 0 Å². The highest BCUT2D eigenvalue weighted by Crippen LogP contribution is 2.32. The fourth-order valence-corrected chi connectivity index (χ4v) is 3.89. The highest BCUT2D eigenvalue weighted by molar-refractivity contribution is 6.38. The first-order valence-corrected chi connectivity index (χ1v) is 8.31. The van der Waals surface area contributed by atoms with Gasteiger partial charge in [0.15, 0.2) is 0 Å². The molecule has 100 valence electrons. The van der Waals surface area contributed by atoms with Crippen LogP contribution < -0.4 is 5.19 Å². The minimum Gasteiger partial charge on any atom is -0.0628 e. The van der Waals surface area contributed by atoms with E-state index in [4.69, 9.17) is 0 Å². The molecule has 0 spiro atoms. The molecule has 4 aromatic carbocycles. The molecule has 0 saturated heterocycles. The van der Waals surface area contributed by atoms with E-state index in [-0.39, 0.29) is 0 Å². The van der Waals surface area contributed by atoms with Gasteiger partial charge in [-0.1, -0.05) is 84.0 Å². The van der Waals surface area contributed by atoms with Gasteiger partial charge in [-0.2, -0.15) is 0 Å². The molecule has 0 heterocycles. The third-order valence-corrected chi connectivity index (χ3v) is 5.03. The van der Waals surface area contributed by atoms with Crippen molar-refractivity contribution in [3.05, 3.63) is 78.9 Å². The SMILES string of the molecule is [SiH3]c1ccc2ccccc2c1-c1cccc2ccccc12. The Bertz CT molecular complexity index is 949. The first kappa shape index (κ1) is 12.4. The van der Waals surface area contributed by atoms with Crippen molar-refractivity contribution >= 4 is 37.0 Å². The zero-order valence-corrected chi connectivity index (χ0v) is 14.0. The van der Waals surface area contributed by atoms with Gasteiger partial charge >= 0.3 is 0 Å². The molecule has 0 atom stereocenters. The van der Waals surface area contributed by atoms with E-state index in [1.807, 2.05) is 0 Å². The van der Waals surface area contributed by atoms with Crippen molar-refractivity contribution in [3.63, 3.8) is 0 Å². The lowest BCUT2D eigenvalue weighted by Gasteiger charge is -2.13. The van der Waals surface area contributed by atoms with Crippen LogP contribution in [0.2, 0.25) is 0 Å². The van der Waals surface area contributed by atoms with Crippen molar-refractivity contribution in [2.75, 3.05) is 0 Å². The maximum atomic E-state index is 2.28. The molecule has 0 N–H and O–H groups in total. The predicted molar refractivity (Wildman–Crippen MR) is 96.5 cm³/mol. The Hall–Kier alpha value is -2.38. The average Bonchev–Trinajstić information content (AvgIpc) is 2.54. The second kappa shape index (κ2) is 4.87. The lowest BCUT2D eigenvalue weighted by atomic mass is 9.94. The minimum atomic E-state index is 1.06. The third kappa shape index (κ3) is 1.98. The van der Waals surface area contributed by atoms with Crippen LogP contribution in [0.5, 0.6) is 0 Å². The van der Waals surface area contributed by atoms with E-state index in [0.717, 1.165) is 10.2 Å². The topological polar surface area (TPSA) is 0 Å². The van der Waals surface area contributed by atoms with Gasteiger partial charge in [-0.05, 0) is 32.7 Å². The van der Waals surface area contributed by atoms with Crippen LogP contribution >= 0.6 is 0 Å². The molecule has 0 aliphatic heterocycles. The van der Waals surface area contributed by atoms with Gasteiger partial charge in [-0.25, -0.2) is 0 Å². The highest BCUT2D eigenvalue weighted by atomic mass is 28.1. The second-order valence-corrected chi connectivity index (χ2v) is 6.58. The maximum absolute atomic E-state index is 2.28. The van der Waals surface area contributed by atoms with Gasteiger partial charge in [0.05, 0.1) is 0 Å². The van der Waals surface area contributed by atoms with Crippen LogP contribution in [0.4, 0.5) is 0 Å². The van der Waals surface area contributed by atoms with Crippen LogP contribution in [0, 0.1) is 0 Å². The number of benzene rings is 4. The Balaban J connectivity index is 2.16. The summed E-state index contributed by atoms with van der Waals surface area (Å²) >= 11 is 0. The Morgan fingerprint density at radius 3 is 1.95 bits per heavy atom. The van der Waals surface area contributed by atoms with Crippen LogP contribution in [0.25, 0.3) is 32.7 Å². The standard InChI is InChI=1S/C20H16Si/c21-19-13-12-15-7-2-4-10-17(15)20(19)18-11-5-8-14-6-1-3-9-16(14)18/h1-13H,21H3. The quantitative estimate of drug-likeness (QED) is 0.468. The largest absolute Gasteiger partial charge is 0.0628 e. The molecule has 0 fully saturated rings. The van der Waals surface area contributed by atoms with Crippen molar-refractivity contribution in [3.8, 4) is 11.1 Å². The molecule has 0 aliphatic carbocycles.